The Hall–Kier alpha value is -1.16. The van der Waals surface area contributed by atoms with E-state index >= 15 is 0 Å². The molecule has 1 N–H and O–H groups in total. The van der Waals surface area contributed by atoms with Crippen LogP contribution in [0.25, 0.3) is 0 Å². The first-order valence-electron chi connectivity index (χ1n) is 10.1. The quantitative estimate of drug-likeness (QED) is 0.367. The van der Waals surface area contributed by atoms with Crippen LogP contribution in [0.4, 0.5) is 0 Å². The first kappa shape index (κ1) is 21.9. The van der Waals surface area contributed by atoms with Gasteiger partial charge in [0.15, 0.2) is 5.78 Å². The predicted molar refractivity (Wildman–Crippen MR) is 100 cm³/mol. The maximum atomic E-state index is 12.1. The second kappa shape index (κ2) is 13.1. The number of carbonyl (C=O) groups is 2. The highest BCUT2D eigenvalue weighted by molar-refractivity contribution is 5.95. The molecule has 1 aliphatic carbocycles. The number of aliphatic hydroxyl groups excluding tert-OH is 1. The summed E-state index contributed by atoms with van der Waals surface area (Å²) in [6.07, 6.45) is 15.1. The summed E-state index contributed by atoms with van der Waals surface area (Å²) < 4.78 is 4.61. The maximum absolute atomic E-state index is 12.1. The second-order valence-corrected chi connectivity index (χ2v) is 7.25. The van der Waals surface area contributed by atoms with Gasteiger partial charge in [-0.05, 0) is 31.3 Å². The summed E-state index contributed by atoms with van der Waals surface area (Å²) in [4.78, 5) is 23.2. The lowest BCUT2D eigenvalue weighted by Crippen LogP contribution is -2.30. The van der Waals surface area contributed by atoms with Gasteiger partial charge in [0.1, 0.15) is 0 Å². The third kappa shape index (κ3) is 8.66. The van der Waals surface area contributed by atoms with Gasteiger partial charge in [0, 0.05) is 6.42 Å². The normalized spacial score (nSPS) is 20.8. The molecule has 1 aliphatic rings. The molecule has 0 aromatic heterocycles. The van der Waals surface area contributed by atoms with E-state index in [1.807, 2.05) is 6.08 Å². The molecule has 0 spiro atoms. The molecule has 0 unspecified atom stereocenters. The number of unbranched alkanes of at least 4 members (excludes halogenated alkanes) is 7. The Labute approximate surface area is 153 Å². The Kier molecular flexibility index (Phi) is 11.5. The summed E-state index contributed by atoms with van der Waals surface area (Å²) in [5.41, 5.74) is 0. The number of hydrogen-bond acceptors (Lipinski definition) is 4. The minimum absolute atomic E-state index is 0.0815. The minimum Gasteiger partial charge on any atom is -0.469 e. The van der Waals surface area contributed by atoms with Crippen LogP contribution in [-0.4, -0.2) is 30.1 Å². The van der Waals surface area contributed by atoms with Gasteiger partial charge in [-0.15, -0.1) is 0 Å². The zero-order valence-electron chi connectivity index (χ0n) is 16.0. The fourth-order valence-corrected chi connectivity index (χ4v) is 3.65. The molecule has 25 heavy (non-hydrogen) atoms. The molecule has 0 aromatic rings. The first-order valence-corrected chi connectivity index (χ1v) is 10.1. The number of rotatable bonds is 14. The molecule has 3 atom stereocenters. The molecule has 4 heteroatoms. The first-order chi connectivity index (χ1) is 12.1. The van der Waals surface area contributed by atoms with Gasteiger partial charge in [0.2, 0.25) is 0 Å². The molecule has 0 saturated carbocycles. The van der Waals surface area contributed by atoms with Crippen molar-refractivity contribution >= 4 is 11.8 Å². The van der Waals surface area contributed by atoms with Crippen molar-refractivity contribution in [3.05, 3.63) is 12.2 Å². The van der Waals surface area contributed by atoms with Crippen LogP contribution in [0.15, 0.2) is 12.2 Å². The molecule has 0 fully saturated rings. The second-order valence-electron chi connectivity index (χ2n) is 7.25. The molecule has 0 aromatic carbocycles. The van der Waals surface area contributed by atoms with E-state index in [0.717, 1.165) is 32.1 Å². The summed E-state index contributed by atoms with van der Waals surface area (Å²) in [5.74, 6) is -0.159. The van der Waals surface area contributed by atoms with Crippen LogP contribution in [0.1, 0.15) is 84.0 Å². The Morgan fingerprint density at radius 2 is 1.80 bits per heavy atom. The highest BCUT2D eigenvalue weighted by atomic mass is 16.5. The standard InChI is InChI=1S/C21H36O4/c1-3-4-5-6-7-9-12-17-15-16-19(23)21(17)18(22)13-10-8-11-14-20(24)25-2/h15-18,21-22H,3-14H2,1-2H3/t17-,18+,21-/m1/s1. The molecular weight excluding hydrogens is 316 g/mol. The van der Waals surface area contributed by atoms with E-state index in [-0.39, 0.29) is 23.6 Å². The van der Waals surface area contributed by atoms with Crippen molar-refractivity contribution in [1.82, 2.24) is 0 Å². The molecule has 144 valence electrons. The lowest BCUT2D eigenvalue weighted by atomic mass is 9.83. The van der Waals surface area contributed by atoms with E-state index in [1.54, 1.807) is 6.08 Å². The Balaban J connectivity index is 2.23. The summed E-state index contributed by atoms with van der Waals surface area (Å²) in [6, 6.07) is 0. The predicted octanol–water partition coefficient (Wildman–Crippen LogP) is 4.59. The van der Waals surface area contributed by atoms with E-state index in [1.165, 1.54) is 39.2 Å². The highest BCUT2D eigenvalue weighted by Gasteiger charge is 2.34. The topological polar surface area (TPSA) is 63.6 Å². The smallest absolute Gasteiger partial charge is 0.305 e. The van der Waals surface area contributed by atoms with Crippen LogP contribution in [0.5, 0.6) is 0 Å². The van der Waals surface area contributed by atoms with E-state index in [4.69, 9.17) is 0 Å². The van der Waals surface area contributed by atoms with E-state index in [9.17, 15) is 14.7 Å². The highest BCUT2D eigenvalue weighted by Crippen LogP contribution is 2.32. The van der Waals surface area contributed by atoms with Crippen LogP contribution < -0.4 is 0 Å². The Morgan fingerprint density at radius 1 is 1.12 bits per heavy atom. The number of hydrogen-bond donors (Lipinski definition) is 1. The van der Waals surface area contributed by atoms with Crippen LogP contribution in [0.3, 0.4) is 0 Å². The third-order valence-corrected chi connectivity index (χ3v) is 5.21. The van der Waals surface area contributed by atoms with Gasteiger partial charge in [0.25, 0.3) is 0 Å². The Bertz CT molecular complexity index is 416. The molecule has 0 heterocycles. The van der Waals surface area contributed by atoms with Gasteiger partial charge in [0.05, 0.1) is 19.1 Å². The number of aliphatic hydroxyl groups is 1. The fourth-order valence-electron chi connectivity index (χ4n) is 3.65. The van der Waals surface area contributed by atoms with Crippen LogP contribution in [-0.2, 0) is 14.3 Å². The zero-order chi connectivity index (χ0) is 18.5. The van der Waals surface area contributed by atoms with E-state index in [2.05, 4.69) is 11.7 Å². The van der Waals surface area contributed by atoms with Crippen molar-refractivity contribution in [2.45, 2.75) is 90.1 Å². The van der Waals surface area contributed by atoms with Gasteiger partial charge in [-0.3, -0.25) is 9.59 Å². The number of carbonyl (C=O) groups excluding carboxylic acids is 2. The van der Waals surface area contributed by atoms with Gasteiger partial charge in [-0.2, -0.15) is 0 Å². The third-order valence-electron chi connectivity index (χ3n) is 5.21. The van der Waals surface area contributed by atoms with Crippen molar-refractivity contribution < 1.29 is 19.4 Å². The average Bonchev–Trinajstić information content (AvgIpc) is 2.97. The van der Waals surface area contributed by atoms with E-state index in [0.29, 0.717) is 12.8 Å². The van der Waals surface area contributed by atoms with Crippen molar-refractivity contribution in [2.75, 3.05) is 7.11 Å². The van der Waals surface area contributed by atoms with Crippen LogP contribution >= 0.6 is 0 Å². The monoisotopic (exact) mass is 352 g/mol. The minimum atomic E-state index is -0.564. The van der Waals surface area contributed by atoms with Gasteiger partial charge in [-0.1, -0.05) is 64.4 Å². The summed E-state index contributed by atoms with van der Waals surface area (Å²) >= 11 is 0. The largest absolute Gasteiger partial charge is 0.469 e. The number of ketones is 1. The van der Waals surface area contributed by atoms with Gasteiger partial charge in [-0.25, -0.2) is 0 Å². The summed E-state index contributed by atoms with van der Waals surface area (Å²) in [5, 5.41) is 10.5. The van der Waals surface area contributed by atoms with Crippen molar-refractivity contribution in [3.8, 4) is 0 Å². The maximum Gasteiger partial charge on any atom is 0.305 e. The fraction of sp³-hybridized carbons (Fsp3) is 0.810. The van der Waals surface area contributed by atoms with Crippen LogP contribution in [0.2, 0.25) is 0 Å². The summed E-state index contributed by atoms with van der Waals surface area (Å²) in [6.45, 7) is 2.22. The lowest BCUT2D eigenvalue weighted by Gasteiger charge is -2.23. The molecule has 4 nitrogen and oxygen atoms in total. The van der Waals surface area contributed by atoms with E-state index < -0.39 is 6.10 Å². The molecule has 0 amide bonds. The molecule has 0 saturated heterocycles. The molecule has 0 radical (unpaired) electrons. The van der Waals surface area contributed by atoms with Crippen molar-refractivity contribution in [2.24, 2.45) is 11.8 Å². The van der Waals surface area contributed by atoms with Gasteiger partial charge < -0.3 is 9.84 Å². The number of ether oxygens (including phenoxy) is 1. The van der Waals surface area contributed by atoms with Crippen molar-refractivity contribution in [3.63, 3.8) is 0 Å². The molecule has 0 bridgehead atoms. The lowest BCUT2D eigenvalue weighted by molar-refractivity contribution is -0.140. The number of esters is 1. The average molecular weight is 353 g/mol. The number of allylic oxidation sites excluding steroid dienone is 2. The number of methoxy groups -OCH3 is 1. The molecule has 0 aliphatic heterocycles. The van der Waals surface area contributed by atoms with Crippen molar-refractivity contribution in [1.29, 1.82) is 0 Å². The molecular formula is C21H36O4. The SMILES string of the molecule is CCCCCCCC[C@@H]1C=CC(=O)[C@H]1[C@@H](O)CCCCCC(=O)OC. The van der Waals surface area contributed by atoms with Gasteiger partial charge >= 0.3 is 5.97 Å². The Morgan fingerprint density at radius 3 is 2.52 bits per heavy atom. The van der Waals surface area contributed by atoms with Crippen LogP contribution in [0, 0.1) is 11.8 Å². The zero-order valence-corrected chi connectivity index (χ0v) is 16.0. The summed E-state index contributed by atoms with van der Waals surface area (Å²) in [7, 11) is 1.40. The molecule has 1 rings (SSSR count).